The number of nitrogens with one attached hydrogen (secondary N) is 2. The van der Waals surface area contributed by atoms with E-state index in [0.29, 0.717) is 26.1 Å². The zero-order valence-corrected chi connectivity index (χ0v) is 17.1. The zero-order chi connectivity index (χ0) is 20.7. The number of amides is 1. The zero-order valence-electron chi connectivity index (χ0n) is 14.8. The standard InChI is InChI=1S/C18H12BrClN6O3/c1-8-5-9-7-22-24-15(9)13(18(28)29)14(8)23-17(27)11-6-12(19)25-26(11)16-10(20)3-2-4-21-16/h2-7H,1H3,(H,22,24)(H,23,27)(H,28,29). The quantitative estimate of drug-likeness (QED) is 0.412. The summed E-state index contributed by atoms with van der Waals surface area (Å²) in [6.45, 7) is 1.71. The Morgan fingerprint density at radius 2 is 2.14 bits per heavy atom. The summed E-state index contributed by atoms with van der Waals surface area (Å²) in [6.07, 6.45) is 3.05. The van der Waals surface area contributed by atoms with Crippen molar-refractivity contribution in [1.29, 1.82) is 0 Å². The number of carbonyl (C=O) groups is 2. The van der Waals surface area contributed by atoms with Crippen LogP contribution in [-0.4, -0.2) is 41.9 Å². The molecule has 0 atom stereocenters. The number of carboxylic acids is 1. The molecule has 4 rings (SSSR count). The maximum atomic E-state index is 13.1. The van der Waals surface area contributed by atoms with E-state index in [0.717, 1.165) is 0 Å². The summed E-state index contributed by atoms with van der Waals surface area (Å²) in [4.78, 5) is 29.1. The van der Waals surface area contributed by atoms with Gasteiger partial charge < -0.3 is 10.4 Å². The molecule has 3 N–H and O–H groups in total. The molecule has 0 fully saturated rings. The molecule has 29 heavy (non-hydrogen) atoms. The highest BCUT2D eigenvalue weighted by Crippen LogP contribution is 2.30. The molecular formula is C18H12BrClN6O3. The Bertz CT molecular complexity index is 1280. The van der Waals surface area contributed by atoms with Crippen molar-refractivity contribution in [3.8, 4) is 5.82 Å². The predicted octanol–water partition coefficient (Wildman–Crippen LogP) is 3.82. The molecule has 11 heteroatoms. The van der Waals surface area contributed by atoms with Crippen molar-refractivity contribution in [2.75, 3.05) is 5.32 Å². The number of anilines is 1. The molecule has 0 saturated heterocycles. The second-order valence-electron chi connectivity index (χ2n) is 6.11. The Hall–Kier alpha value is -3.24. The van der Waals surface area contributed by atoms with Gasteiger partial charge in [-0.05, 0) is 46.6 Å². The minimum Gasteiger partial charge on any atom is -0.478 e. The lowest BCUT2D eigenvalue weighted by molar-refractivity contribution is 0.0700. The van der Waals surface area contributed by atoms with Crippen molar-refractivity contribution in [3.63, 3.8) is 0 Å². The molecule has 3 heterocycles. The van der Waals surface area contributed by atoms with Crippen LogP contribution in [0.25, 0.3) is 16.7 Å². The van der Waals surface area contributed by atoms with Gasteiger partial charge in [0.15, 0.2) is 5.82 Å². The first-order valence-corrected chi connectivity index (χ1v) is 9.41. The number of aromatic amines is 1. The number of carbonyl (C=O) groups excluding carboxylic acids is 1. The van der Waals surface area contributed by atoms with Crippen LogP contribution in [-0.2, 0) is 0 Å². The highest BCUT2D eigenvalue weighted by atomic mass is 79.9. The van der Waals surface area contributed by atoms with Crippen molar-refractivity contribution in [1.82, 2.24) is 25.0 Å². The fourth-order valence-corrected chi connectivity index (χ4v) is 3.57. The van der Waals surface area contributed by atoms with Crippen LogP contribution in [0.5, 0.6) is 0 Å². The lowest BCUT2D eigenvalue weighted by atomic mass is 10.0. The van der Waals surface area contributed by atoms with Crippen LogP contribution in [0.2, 0.25) is 5.02 Å². The molecule has 1 amide bonds. The van der Waals surface area contributed by atoms with Crippen LogP contribution in [0.3, 0.4) is 0 Å². The van der Waals surface area contributed by atoms with E-state index in [4.69, 9.17) is 11.6 Å². The maximum Gasteiger partial charge on any atom is 0.340 e. The third-order valence-corrected chi connectivity index (χ3v) is 4.92. The molecule has 0 aliphatic rings. The van der Waals surface area contributed by atoms with Crippen molar-refractivity contribution in [2.24, 2.45) is 0 Å². The number of hydrogen-bond acceptors (Lipinski definition) is 5. The molecule has 146 valence electrons. The van der Waals surface area contributed by atoms with Crippen LogP contribution >= 0.6 is 27.5 Å². The maximum absolute atomic E-state index is 13.1. The number of aromatic nitrogens is 5. The first-order valence-electron chi connectivity index (χ1n) is 8.24. The minimum absolute atomic E-state index is 0.0770. The molecule has 3 aromatic heterocycles. The second kappa shape index (κ2) is 7.30. The third kappa shape index (κ3) is 3.36. The number of carboxylic acid groups (broad SMARTS) is 1. The van der Waals surface area contributed by atoms with Gasteiger partial charge in [-0.3, -0.25) is 9.89 Å². The number of H-pyrrole nitrogens is 1. The SMILES string of the molecule is Cc1cc2cn[nH]c2c(C(=O)O)c1NC(=O)c1cc(Br)nn1-c1ncccc1Cl. The van der Waals surface area contributed by atoms with Gasteiger partial charge in [-0.2, -0.15) is 10.2 Å². The predicted molar refractivity (Wildman–Crippen MR) is 110 cm³/mol. The van der Waals surface area contributed by atoms with Gasteiger partial charge in [0, 0.05) is 17.6 Å². The van der Waals surface area contributed by atoms with E-state index in [1.807, 2.05) is 0 Å². The monoisotopic (exact) mass is 474 g/mol. The summed E-state index contributed by atoms with van der Waals surface area (Å²) in [5, 5.41) is 24.1. The average molecular weight is 476 g/mol. The van der Waals surface area contributed by atoms with Crippen molar-refractivity contribution in [2.45, 2.75) is 6.92 Å². The highest BCUT2D eigenvalue weighted by molar-refractivity contribution is 9.10. The van der Waals surface area contributed by atoms with E-state index in [2.05, 4.69) is 41.5 Å². The van der Waals surface area contributed by atoms with Gasteiger partial charge in [0.2, 0.25) is 0 Å². The number of benzene rings is 1. The van der Waals surface area contributed by atoms with Gasteiger partial charge in [-0.1, -0.05) is 11.6 Å². The molecular weight excluding hydrogens is 464 g/mol. The van der Waals surface area contributed by atoms with Crippen LogP contribution in [0.1, 0.15) is 26.4 Å². The van der Waals surface area contributed by atoms with Crippen molar-refractivity contribution in [3.05, 3.63) is 63.1 Å². The van der Waals surface area contributed by atoms with Crippen molar-refractivity contribution >= 4 is 56.0 Å². The molecule has 0 aliphatic carbocycles. The number of halogens is 2. The minimum atomic E-state index is -1.19. The lowest BCUT2D eigenvalue weighted by Crippen LogP contribution is -2.20. The average Bonchev–Trinajstić information content (AvgIpc) is 3.28. The Kier molecular flexibility index (Phi) is 4.81. The van der Waals surface area contributed by atoms with Gasteiger partial charge in [-0.15, -0.1) is 0 Å². The van der Waals surface area contributed by atoms with Gasteiger partial charge in [-0.25, -0.2) is 14.5 Å². The number of aromatic carboxylic acids is 1. The number of rotatable bonds is 4. The summed E-state index contributed by atoms with van der Waals surface area (Å²) in [6, 6.07) is 6.51. The van der Waals surface area contributed by atoms with E-state index in [9.17, 15) is 14.7 Å². The number of aryl methyl sites for hydroxylation is 1. The van der Waals surface area contributed by atoms with E-state index >= 15 is 0 Å². The Labute approximate surface area is 176 Å². The fourth-order valence-electron chi connectivity index (χ4n) is 2.99. The number of nitrogens with zero attached hydrogens (tertiary/aromatic N) is 4. The fraction of sp³-hybridized carbons (Fsp3) is 0.0556. The van der Waals surface area contributed by atoms with Gasteiger partial charge >= 0.3 is 5.97 Å². The first-order chi connectivity index (χ1) is 13.9. The molecule has 0 saturated carbocycles. The summed E-state index contributed by atoms with van der Waals surface area (Å²) < 4.78 is 1.68. The largest absolute Gasteiger partial charge is 0.478 e. The van der Waals surface area contributed by atoms with Crippen LogP contribution in [0.15, 0.2) is 41.3 Å². The molecule has 0 spiro atoms. The van der Waals surface area contributed by atoms with Crippen LogP contribution in [0.4, 0.5) is 5.69 Å². The van der Waals surface area contributed by atoms with Gasteiger partial charge in [0.1, 0.15) is 15.9 Å². The number of hydrogen-bond donors (Lipinski definition) is 3. The molecule has 4 aromatic rings. The lowest BCUT2D eigenvalue weighted by Gasteiger charge is -2.13. The van der Waals surface area contributed by atoms with Crippen LogP contribution < -0.4 is 5.32 Å². The van der Waals surface area contributed by atoms with E-state index in [1.165, 1.54) is 23.1 Å². The first kappa shape index (κ1) is 19.1. The van der Waals surface area contributed by atoms with E-state index < -0.39 is 11.9 Å². The molecule has 0 bridgehead atoms. The van der Waals surface area contributed by atoms with Crippen molar-refractivity contribution < 1.29 is 14.7 Å². The topological polar surface area (TPSA) is 126 Å². The summed E-state index contributed by atoms with van der Waals surface area (Å²) >= 11 is 9.44. The molecule has 9 nitrogen and oxygen atoms in total. The Morgan fingerprint density at radius 3 is 2.86 bits per heavy atom. The van der Waals surface area contributed by atoms with E-state index in [1.54, 1.807) is 25.1 Å². The summed E-state index contributed by atoms with van der Waals surface area (Å²) in [5.41, 5.74) is 1.10. The third-order valence-electron chi connectivity index (χ3n) is 4.24. The normalized spacial score (nSPS) is 11.0. The summed E-state index contributed by atoms with van der Waals surface area (Å²) in [5.74, 6) is -1.50. The van der Waals surface area contributed by atoms with E-state index in [-0.39, 0.29) is 22.8 Å². The van der Waals surface area contributed by atoms with Gasteiger partial charge in [0.25, 0.3) is 5.91 Å². The second-order valence-corrected chi connectivity index (χ2v) is 7.33. The highest BCUT2D eigenvalue weighted by Gasteiger charge is 2.24. The van der Waals surface area contributed by atoms with Gasteiger partial charge in [0.05, 0.1) is 22.4 Å². The smallest absolute Gasteiger partial charge is 0.340 e. The number of pyridine rings is 1. The molecule has 1 aromatic carbocycles. The molecule has 0 radical (unpaired) electrons. The number of fused-ring (bicyclic) bond motifs is 1. The summed E-state index contributed by atoms with van der Waals surface area (Å²) in [7, 11) is 0. The Balaban J connectivity index is 1.81. The Morgan fingerprint density at radius 1 is 1.34 bits per heavy atom. The molecule has 0 aliphatic heterocycles. The van der Waals surface area contributed by atoms with Crippen LogP contribution in [0, 0.1) is 6.92 Å². The molecule has 0 unspecified atom stereocenters.